The number of hydrogen-bond acceptors (Lipinski definition) is 2. The molecule has 0 aromatic heterocycles. The second-order valence-corrected chi connectivity index (χ2v) is 6.35. The second-order valence-electron chi connectivity index (χ2n) is 6.35. The minimum absolute atomic E-state index is 0. The van der Waals surface area contributed by atoms with Crippen LogP contribution in [0.15, 0.2) is 94.9 Å². The SMILES string of the molecule is Fc1[c-]c(F)c(N=Cc2ccccc2)cc1.Fc1[c-]c(F)c(N=Cc2ccccc2)cc1.[Ti+2]. The van der Waals surface area contributed by atoms with Crippen LogP contribution < -0.4 is 0 Å². The van der Waals surface area contributed by atoms with E-state index in [1.54, 1.807) is 0 Å². The Morgan fingerprint density at radius 2 is 0.879 bits per heavy atom. The Morgan fingerprint density at radius 3 is 1.21 bits per heavy atom. The van der Waals surface area contributed by atoms with Gasteiger partial charge in [-0.15, -0.1) is 36.4 Å². The molecule has 0 radical (unpaired) electrons. The summed E-state index contributed by atoms with van der Waals surface area (Å²) in [7, 11) is 0. The summed E-state index contributed by atoms with van der Waals surface area (Å²) in [6.07, 6.45) is 3.04. The third-order valence-electron chi connectivity index (χ3n) is 3.99. The molecular formula is C26H16F4N2Ti. The molecule has 33 heavy (non-hydrogen) atoms. The van der Waals surface area contributed by atoms with Crippen molar-refractivity contribution in [3.63, 3.8) is 0 Å². The number of rotatable bonds is 4. The molecule has 0 aliphatic rings. The Hall–Kier alpha value is -3.35. The molecule has 0 aliphatic heterocycles. The quantitative estimate of drug-likeness (QED) is 0.130. The van der Waals surface area contributed by atoms with Crippen LogP contribution in [-0.4, -0.2) is 12.4 Å². The van der Waals surface area contributed by atoms with Crippen molar-refractivity contribution < 1.29 is 39.3 Å². The van der Waals surface area contributed by atoms with E-state index in [0.717, 1.165) is 23.3 Å². The molecule has 0 saturated heterocycles. The van der Waals surface area contributed by atoms with Crippen LogP contribution >= 0.6 is 0 Å². The first-order valence-electron chi connectivity index (χ1n) is 9.44. The summed E-state index contributed by atoms with van der Waals surface area (Å²) in [6, 6.07) is 27.2. The van der Waals surface area contributed by atoms with E-state index < -0.39 is 23.3 Å². The van der Waals surface area contributed by atoms with Gasteiger partial charge in [-0.3, -0.25) is 0 Å². The number of nitrogens with zero attached hydrogens (tertiary/aromatic N) is 2. The molecule has 0 aliphatic carbocycles. The molecule has 7 heteroatoms. The Bertz CT molecular complexity index is 1120. The Balaban J connectivity index is 0.000000227. The van der Waals surface area contributed by atoms with Crippen molar-refractivity contribution in [2.75, 3.05) is 0 Å². The van der Waals surface area contributed by atoms with Crippen molar-refractivity contribution in [2.24, 2.45) is 9.98 Å². The molecular weight excluding hydrogens is 464 g/mol. The molecule has 2 nitrogen and oxygen atoms in total. The molecule has 4 aromatic rings. The number of aliphatic imine (C=N–C) groups is 2. The fourth-order valence-electron chi connectivity index (χ4n) is 2.44. The fourth-order valence-corrected chi connectivity index (χ4v) is 2.44. The van der Waals surface area contributed by atoms with Gasteiger partial charge in [-0.05, 0) is 22.5 Å². The van der Waals surface area contributed by atoms with Crippen LogP contribution in [0.2, 0.25) is 0 Å². The van der Waals surface area contributed by atoms with Crippen molar-refractivity contribution in [2.45, 2.75) is 0 Å². The van der Waals surface area contributed by atoms with Crippen LogP contribution in [0.1, 0.15) is 11.1 Å². The Kier molecular flexibility index (Phi) is 10.4. The molecule has 4 rings (SSSR count). The largest absolute Gasteiger partial charge is 2.00 e. The van der Waals surface area contributed by atoms with Crippen LogP contribution in [0.5, 0.6) is 0 Å². The molecule has 0 bridgehead atoms. The maximum atomic E-state index is 13.1. The van der Waals surface area contributed by atoms with E-state index >= 15 is 0 Å². The van der Waals surface area contributed by atoms with Crippen molar-refractivity contribution in [1.82, 2.24) is 0 Å². The van der Waals surface area contributed by atoms with Crippen LogP contribution in [0.3, 0.4) is 0 Å². The average Bonchev–Trinajstić information content (AvgIpc) is 2.80. The summed E-state index contributed by atoms with van der Waals surface area (Å²) < 4.78 is 51.4. The van der Waals surface area contributed by atoms with Gasteiger partial charge >= 0.3 is 21.7 Å². The minimum atomic E-state index is -0.785. The summed E-state index contributed by atoms with van der Waals surface area (Å²) in [6.45, 7) is 0. The van der Waals surface area contributed by atoms with Crippen LogP contribution in [0.4, 0.5) is 28.9 Å². The first-order valence-corrected chi connectivity index (χ1v) is 9.44. The van der Waals surface area contributed by atoms with E-state index in [4.69, 9.17) is 0 Å². The maximum Gasteiger partial charge on any atom is 2.00 e. The standard InChI is InChI=1S/2C13H8F2N.Ti/c2*14-11-6-7-13(12(15)8-11)16-9-10-4-2-1-3-5-10;/h2*1-7,9H;/q2*-1;+2. The van der Waals surface area contributed by atoms with Gasteiger partial charge in [0.2, 0.25) is 0 Å². The van der Waals surface area contributed by atoms with Gasteiger partial charge < -0.3 is 9.98 Å². The van der Waals surface area contributed by atoms with Gasteiger partial charge in [-0.25, -0.2) is 17.6 Å². The van der Waals surface area contributed by atoms with Gasteiger partial charge in [0.15, 0.2) is 0 Å². The van der Waals surface area contributed by atoms with Crippen LogP contribution in [-0.2, 0) is 21.7 Å². The normalized spacial score (nSPS) is 10.5. The average molecular weight is 480 g/mol. The zero-order valence-corrected chi connectivity index (χ0v) is 18.7. The van der Waals surface area contributed by atoms with Crippen molar-refractivity contribution in [1.29, 1.82) is 0 Å². The predicted octanol–water partition coefficient (Wildman–Crippen LogP) is 7.03. The van der Waals surface area contributed by atoms with Crippen molar-refractivity contribution in [3.8, 4) is 0 Å². The summed E-state index contributed by atoms with van der Waals surface area (Å²) >= 11 is 0. The number of hydrogen-bond donors (Lipinski definition) is 0. The second kappa shape index (κ2) is 13.3. The summed E-state index contributed by atoms with van der Waals surface area (Å²) in [5.41, 5.74) is 1.85. The first-order chi connectivity index (χ1) is 15.5. The third-order valence-corrected chi connectivity index (χ3v) is 3.99. The maximum absolute atomic E-state index is 13.1. The third kappa shape index (κ3) is 8.60. The zero-order chi connectivity index (χ0) is 22.8. The summed E-state index contributed by atoms with van der Waals surface area (Å²) in [4.78, 5) is 7.84. The monoisotopic (exact) mass is 480 g/mol. The summed E-state index contributed by atoms with van der Waals surface area (Å²) in [5.74, 6) is -3.02. The Morgan fingerprint density at radius 1 is 0.515 bits per heavy atom. The van der Waals surface area contributed by atoms with Crippen molar-refractivity contribution in [3.05, 3.63) is 131 Å². The molecule has 0 atom stereocenters. The molecule has 0 fully saturated rings. The van der Waals surface area contributed by atoms with Gasteiger partial charge in [0.25, 0.3) is 0 Å². The predicted molar refractivity (Wildman–Crippen MR) is 118 cm³/mol. The Labute approximate surface area is 204 Å². The molecule has 0 spiro atoms. The van der Waals surface area contributed by atoms with Crippen molar-refractivity contribution >= 4 is 23.8 Å². The van der Waals surface area contributed by atoms with Gasteiger partial charge in [0.1, 0.15) is 0 Å². The van der Waals surface area contributed by atoms with E-state index in [0.29, 0.717) is 0 Å². The molecule has 0 heterocycles. The molecule has 0 saturated carbocycles. The molecule has 0 N–H and O–H groups in total. The van der Waals surface area contributed by atoms with Gasteiger partial charge in [0.05, 0.1) is 0 Å². The number of benzene rings is 4. The minimum Gasteiger partial charge on any atom is -0.318 e. The van der Waals surface area contributed by atoms with E-state index in [1.807, 2.05) is 72.8 Å². The van der Waals surface area contributed by atoms with E-state index in [2.05, 4.69) is 9.98 Å². The van der Waals surface area contributed by atoms with Gasteiger partial charge in [-0.1, -0.05) is 60.7 Å². The smallest absolute Gasteiger partial charge is 0.318 e. The molecule has 162 valence electrons. The molecule has 0 unspecified atom stereocenters. The van der Waals surface area contributed by atoms with Gasteiger partial charge in [0, 0.05) is 35.7 Å². The first kappa shape index (κ1) is 25.9. The van der Waals surface area contributed by atoms with Gasteiger partial charge in [-0.2, -0.15) is 0 Å². The molecule has 4 aromatic carbocycles. The van der Waals surface area contributed by atoms with Crippen LogP contribution in [0.25, 0.3) is 0 Å². The van der Waals surface area contributed by atoms with E-state index in [-0.39, 0.29) is 33.1 Å². The molecule has 0 amide bonds. The zero-order valence-electron chi connectivity index (χ0n) is 17.1. The van der Waals surface area contributed by atoms with E-state index in [9.17, 15) is 17.6 Å². The van der Waals surface area contributed by atoms with E-state index in [1.165, 1.54) is 24.6 Å². The van der Waals surface area contributed by atoms with Crippen LogP contribution in [0, 0.1) is 35.4 Å². The topological polar surface area (TPSA) is 24.7 Å². The fraction of sp³-hybridized carbons (Fsp3) is 0. The number of halogens is 4. The summed E-state index contributed by atoms with van der Waals surface area (Å²) in [5, 5.41) is 0.